The first-order chi connectivity index (χ1) is 12.3. The molecular formula is C15H12ClF4N3O3S. The quantitative estimate of drug-likeness (QED) is 0.462. The topological polar surface area (TPSA) is 87.1 Å². The van der Waals surface area contributed by atoms with Gasteiger partial charge in [0.1, 0.15) is 11.6 Å². The molecule has 1 atom stereocenters. The summed E-state index contributed by atoms with van der Waals surface area (Å²) in [5.74, 6) is 3.80. The van der Waals surface area contributed by atoms with Gasteiger partial charge in [-0.1, -0.05) is 11.6 Å². The number of hydrogen-bond donors (Lipinski definition) is 1. The monoisotopic (exact) mass is 425 g/mol. The molecule has 2 N–H and O–H groups in total. The van der Waals surface area contributed by atoms with Gasteiger partial charge < -0.3 is 5.84 Å². The van der Waals surface area contributed by atoms with Crippen molar-refractivity contribution in [3.63, 3.8) is 0 Å². The minimum Gasteiger partial charge on any atom is -0.335 e. The summed E-state index contributed by atoms with van der Waals surface area (Å²) in [4.78, 5) is 35.8. The van der Waals surface area contributed by atoms with Gasteiger partial charge in [0.15, 0.2) is 5.69 Å². The number of benzene rings is 1. The Bertz CT molecular complexity index is 1030. The summed E-state index contributed by atoms with van der Waals surface area (Å²) in [6.07, 6.45) is -5.05. The van der Waals surface area contributed by atoms with Crippen LogP contribution in [0.3, 0.4) is 0 Å². The predicted octanol–water partition coefficient (Wildman–Crippen LogP) is 2.59. The number of ketones is 1. The molecule has 1 unspecified atom stereocenters. The van der Waals surface area contributed by atoms with E-state index in [1.54, 1.807) is 6.92 Å². The highest BCUT2D eigenvalue weighted by molar-refractivity contribution is 8.00. The lowest BCUT2D eigenvalue weighted by Gasteiger charge is -2.15. The molecule has 0 radical (unpaired) electrons. The van der Waals surface area contributed by atoms with Crippen molar-refractivity contribution < 1.29 is 22.4 Å². The summed E-state index contributed by atoms with van der Waals surface area (Å²) in [5, 5.41) is -0.668. The number of carbonyl (C=O) groups is 1. The SMILES string of the molecule is CC(=O)C(C)Sc1cc(-n2c(=O)cc(C(F)(F)F)n(N)c2=O)c(F)cc1Cl. The zero-order valence-corrected chi connectivity index (χ0v) is 15.4. The number of aromatic nitrogens is 2. The number of carbonyl (C=O) groups excluding carboxylic acids is 1. The predicted molar refractivity (Wildman–Crippen MR) is 92.4 cm³/mol. The summed E-state index contributed by atoms with van der Waals surface area (Å²) in [5.41, 5.74) is -5.33. The van der Waals surface area contributed by atoms with Crippen molar-refractivity contribution in [3.8, 4) is 5.69 Å². The van der Waals surface area contributed by atoms with E-state index < -0.39 is 39.9 Å². The van der Waals surface area contributed by atoms with Crippen molar-refractivity contribution in [2.24, 2.45) is 0 Å². The van der Waals surface area contributed by atoms with E-state index in [-0.39, 0.29) is 31.0 Å². The molecule has 0 aliphatic carbocycles. The first-order valence-electron chi connectivity index (χ1n) is 7.22. The fourth-order valence-corrected chi connectivity index (χ4v) is 3.23. The van der Waals surface area contributed by atoms with E-state index in [2.05, 4.69) is 0 Å². The van der Waals surface area contributed by atoms with Gasteiger partial charge >= 0.3 is 11.9 Å². The van der Waals surface area contributed by atoms with Crippen LogP contribution in [0.4, 0.5) is 17.6 Å². The minimum absolute atomic E-state index is 0.0838. The normalized spacial score (nSPS) is 12.9. The highest BCUT2D eigenvalue weighted by Crippen LogP contribution is 2.33. The fraction of sp³-hybridized carbons (Fsp3) is 0.267. The summed E-state index contributed by atoms with van der Waals surface area (Å²) in [6, 6.07) is 1.87. The Hall–Kier alpha value is -2.27. The van der Waals surface area contributed by atoms with Gasteiger partial charge in [-0.15, -0.1) is 11.8 Å². The largest absolute Gasteiger partial charge is 0.433 e. The minimum atomic E-state index is -5.05. The maximum absolute atomic E-state index is 14.3. The smallest absolute Gasteiger partial charge is 0.335 e. The van der Waals surface area contributed by atoms with Gasteiger partial charge in [0.25, 0.3) is 5.56 Å². The van der Waals surface area contributed by atoms with Crippen LogP contribution in [0.2, 0.25) is 5.02 Å². The third kappa shape index (κ3) is 4.19. The standard InChI is InChI=1S/C15H12ClF4N3O3S/c1-6(24)7(2)27-11-4-10(9(17)3-8(11)16)22-13(25)5-12(15(18,19)20)23(21)14(22)26/h3-5,7H,21H2,1-2H3. The third-order valence-corrected chi connectivity index (χ3v) is 5.25. The molecule has 0 spiro atoms. The van der Waals surface area contributed by atoms with E-state index in [0.717, 1.165) is 23.9 Å². The van der Waals surface area contributed by atoms with Crippen LogP contribution >= 0.6 is 23.4 Å². The molecule has 1 aromatic heterocycles. The molecule has 0 fully saturated rings. The van der Waals surface area contributed by atoms with Crippen molar-refractivity contribution >= 4 is 29.1 Å². The highest BCUT2D eigenvalue weighted by atomic mass is 35.5. The lowest BCUT2D eigenvalue weighted by atomic mass is 10.3. The number of rotatable bonds is 4. The molecule has 6 nitrogen and oxygen atoms in total. The lowest BCUT2D eigenvalue weighted by molar-refractivity contribution is -0.143. The second kappa shape index (κ2) is 7.39. The van der Waals surface area contributed by atoms with E-state index in [1.165, 1.54) is 6.92 Å². The van der Waals surface area contributed by atoms with Crippen molar-refractivity contribution in [1.82, 2.24) is 9.24 Å². The third-order valence-electron chi connectivity index (χ3n) is 3.55. The van der Waals surface area contributed by atoms with Crippen molar-refractivity contribution in [2.45, 2.75) is 30.2 Å². The van der Waals surface area contributed by atoms with Gasteiger partial charge in [0, 0.05) is 11.0 Å². The molecule has 0 amide bonds. The molecule has 146 valence electrons. The fourth-order valence-electron chi connectivity index (χ4n) is 2.05. The van der Waals surface area contributed by atoms with E-state index in [0.29, 0.717) is 0 Å². The zero-order chi connectivity index (χ0) is 20.7. The van der Waals surface area contributed by atoms with Gasteiger partial charge in [-0.25, -0.2) is 18.4 Å². The second-order valence-electron chi connectivity index (χ2n) is 5.46. The first kappa shape index (κ1) is 21.0. The molecule has 0 saturated carbocycles. The Kier molecular flexibility index (Phi) is 5.76. The molecule has 0 bridgehead atoms. The van der Waals surface area contributed by atoms with Gasteiger partial charge in [0.05, 0.1) is 16.0 Å². The molecule has 2 aromatic rings. The van der Waals surface area contributed by atoms with E-state index in [4.69, 9.17) is 17.4 Å². The number of thioether (sulfide) groups is 1. The molecule has 27 heavy (non-hydrogen) atoms. The second-order valence-corrected chi connectivity index (χ2v) is 7.25. The summed E-state index contributed by atoms with van der Waals surface area (Å²) >= 11 is 6.85. The number of alkyl halides is 3. The zero-order valence-electron chi connectivity index (χ0n) is 13.8. The number of halogens is 5. The molecule has 0 aliphatic rings. The van der Waals surface area contributed by atoms with Crippen LogP contribution in [-0.4, -0.2) is 20.3 Å². The molecule has 1 heterocycles. The molecule has 0 aliphatic heterocycles. The summed E-state index contributed by atoms with van der Waals surface area (Å²) in [7, 11) is 0. The van der Waals surface area contributed by atoms with Crippen LogP contribution in [0.1, 0.15) is 19.5 Å². The lowest BCUT2D eigenvalue weighted by Crippen LogP contribution is -2.45. The number of nitrogen functional groups attached to an aromatic ring is 1. The number of nitrogens with two attached hydrogens (primary N) is 1. The van der Waals surface area contributed by atoms with Gasteiger partial charge in [-0.2, -0.15) is 13.2 Å². The number of nitrogens with zero attached hydrogens (tertiary/aromatic N) is 2. The van der Waals surface area contributed by atoms with Crippen LogP contribution < -0.4 is 17.1 Å². The Morgan fingerprint density at radius 2 is 1.85 bits per heavy atom. The summed E-state index contributed by atoms with van der Waals surface area (Å²) in [6.45, 7) is 2.88. The van der Waals surface area contributed by atoms with E-state index in [9.17, 15) is 31.9 Å². The van der Waals surface area contributed by atoms with Gasteiger partial charge in [-0.05, 0) is 26.0 Å². The number of hydrogen-bond acceptors (Lipinski definition) is 5. The maximum atomic E-state index is 14.3. The van der Waals surface area contributed by atoms with Crippen LogP contribution in [0.5, 0.6) is 0 Å². The van der Waals surface area contributed by atoms with Crippen molar-refractivity contribution in [3.05, 3.63) is 55.6 Å². The first-order valence-corrected chi connectivity index (χ1v) is 8.48. The number of Topliss-reactive ketones (excluding diaryl/α,β-unsaturated/α-hetero) is 1. The Labute approximate surface area is 158 Å². The van der Waals surface area contributed by atoms with Gasteiger partial charge in [0.2, 0.25) is 0 Å². The van der Waals surface area contributed by atoms with Crippen molar-refractivity contribution in [2.75, 3.05) is 5.84 Å². The Balaban J connectivity index is 2.73. The van der Waals surface area contributed by atoms with E-state index >= 15 is 0 Å². The molecule has 0 saturated heterocycles. The summed E-state index contributed by atoms with van der Waals surface area (Å²) < 4.78 is 52.7. The van der Waals surface area contributed by atoms with Crippen LogP contribution in [0, 0.1) is 5.82 Å². The van der Waals surface area contributed by atoms with E-state index in [1.807, 2.05) is 0 Å². The van der Waals surface area contributed by atoms with Crippen molar-refractivity contribution in [1.29, 1.82) is 0 Å². The Morgan fingerprint density at radius 3 is 2.37 bits per heavy atom. The highest BCUT2D eigenvalue weighted by Gasteiger charge is 2.36. The van der Waals surface area contributed by atoms with Crippen LogP contribution in [0.15, 0.2) is 32.7 Å². The van der Waals surface area contributed by atoms with Crippen LogP contribution in [-0.2, 0) is 11.0 Å². The maximum Gasteiger partial charge on any atom is 0.433 e. The average Bonchev–Trinajstić information content (AvgIpc) is 2.53. The molecule has 2 rings (SSSR count). The van der Waals surface area contributed by atoms with Crippen LogP contribution in [0.25, 0.3) is 5.69 Å². The Morgan fingerprint density at radius 1 is 1.26 bits per heavy atom. The molecule has 1 aromatic carbocycles. The van der Waals surface area contributed by atoms with Gasteiger partial charge in [-0.3, -0.25) is 9.59 Å². The average molecular weight is 426 g/mol. The molecule has 12 heteroatoms. The molecular weight excluding hydrogens is 414 g/mol.